The second kappa shape index (κ2) is 8.98. The lowest BCUT2D eigenvalue weighted by molar-refractivity contribution is 0.238. The number of hydrogen-bond donors (Lipinski definition) is 0. The summed E-state index contributed by atoms with van der Waals surface area (Å²) in [5, 5.41) is 8.61. The Balaban J connectivity index is 1.73. The van der Waals surface area contributed by atoms with Gasteiger partial charge in [-0.2, -0.15) is 5.10 Å². The highest BCUT2D eigenvalue weighted by molar-refractivity contribution is 6.99. The van der Waals surface area contributed by atoms with Gasteiger partial charge in [-0.05, 0) is 22.3 Å². The molecule has 0 bridgehead atoms. The van der Waals surface area contributed by atoms with E-state index in [0.29, 0.717) is 16.9 Å². The Morgan fingerprint density at radius 2 is 1.53 bits per heavy atom. The SMILES string of the molecule is C[C@@H](CO[Si](c1ccccc1)(c1ccccc1)C(C)(C)C)n1cc2c(Cl)nc(Cl)cc2n1. The van der Waals surface area contributed by atoms with Crippen LogP contribution in [-0.2, 0) is 4.43 Å². The largest absolute Gasteiger partial charge is 0.405 e. The lowest BCUT2D eigenvalue weighted by atomic mass is 10.2. The standard InChI is InChI=1S/C25H27Cl2N3OSi/c1-18(30-16-21-22(29-30)15-23(26)28-24(21)27)17-31-32(25(2,3)4,19-11-7-5-8-12-19)20-13-9-6-10-14-20/h5-16,18H,17H2,1-4H3/t18-/m0/s1. The number of rotatable bonds is 6. The van der Waals surface area contributed by atoms with Crippen LogP contribution in [0.5, 0.6) is 0 Å². The van der Waals surface area contributed by atoms with Gasteiger partial charge in [0.15, 0.2) is 0 Å². The Hall–Kier alpha value is -2.18. The van der Waals surface area contributed by atoms with Crippen LogP contribution < -0.4 is 10.4 Å². The zero-order valence-corrected chi connectivity index (χ0v) is 21.2. The third kappa shape index (κ3) is 4.22. The van der Waals surface area contributed by atoms with Gasteiger partial charge in [-0.1, -0.05) is 105 Å². The van der Waals surface area contributed by atoms with E-state index in [4.69, 9.17) is 27.6 Å². The molecule has 0 saturated heterocycles. The van der Waals surface area contributed by atoms with Crippen molar-refractivity contribution in [2.45, 2.75) is 38.8 Å². The minimum Gasteiger partial charge on any atom is -0.405 e. The van der Waals surface area contributed by atoms with Crippen LogP contribution in [0.1, 0.15) is 33.7 Å². The predicted octanol–water partition coefficient (Wildman–Crippen LogP) is 5.88. The van der Waals surface area contributed by atoms with Gasteiger partial charge < -0.3 is 4.43 Å². The second-order valence-corrected chi connectivity index (χ2v) is 14.2. The Labute approximate surface area is 200 Å². The molecule has 2 aromatic heterocycles. The minimum atomic E-state index is -2.60. The van der Waals surface area contributed by atoms with Gasteiger partial charge in [-0.3, -0.25) is 4.68 Å². The predicted molar refractivity (Wildman–Crippen MR) is 136 cm³/mol. The van der Waals surface area contributed by atoms with Crippen LogP contribution >= 0.6 is 23.2 Å². The van der Waals surface area contributed by atoms with Gasteiger partial charge in [0, 0.05) is 12.3 Å². The molecule has 4 nitrogen and oxygen atoms in total. The van der Waals surface area contributed by atoms with Crippen molar-refractivity contribution < 1.29 is 4.43 Å². The molecule has 0 N–H and O–H groups in total. The molecule has 0 spiro atoms. The van der Waals surface area contributed by atoms with E-state index >= 15 is 0 Å². The van der Waals surface area contributed by atoms with Gasteiger partial charge in [0.25, 0.3) is 8.32 Å². The number of pyridine rings is 1. The molecule has 7 heteroatoms. The Kier molecular flexibility index (Phi) is 6.46. The molecule has 0 unspecified atom stereocenters. The summed E-state index contributed by atoms with van der Waals surface area (Å²) in [6, 6.07) is 23.0. The third-order valence-corrected chi connectivity index (χ3v) is 11.3. The van der Waals surface area contributed by atoms with Crippen LogP contribution in [0.15, 0.2) is 72.9 Å². The number of hydrogen-bond acceptors (Lipinski definition) is 3. The summed E-state index contributed by atoms with van der Waals surface area (Å²) in [4.78, 5) is 4.12. The number of halogens is 2. The van der Waals surface area contributed by atoms with Crippen molar-refractivity contribution in [3.63, 3.8) is 0 Å². The normalized spacial score (nSPS) is 13.4. The number of nitrogens with zero attached hydrogens (tertiary/aromatic N) is 3. The highest BCUT2D eigenvalue weighted by atomic mass is 35.5. The van der Waals surface area contributed by atoms with E-state index < -0.39 is 8.32 Å². The molecule has 0 aliphatic rings. The molecule has 0 fully saturated rings. The van der Waals surface area contributed by atoms with Crippen LogP contribution in [0.2, 0.25) is 15.3 Å². The van der Waals surface area contributed by atoms with E-state index in [0.717, 1.165) is 10.9 Å². The summed E-state index contributed by atoms with van der Waals surface area (Å²) in [5.74, 6) is 0. The van der Waals surface area contributed by atoms with Crippen molar-refractivity contribution in [1.82, 2.24) is 14.8 Å². The summed E-state index contributed by atoms with van der Waals surface area (Å²) in [7, 11) is -2.60. The van der Waals surface area contributed by atoms with E-state index in [1.807, 2.05) is 10.9 Å². The Morgan fingerprint density at radius 3 is 2.06 bits per heavy atom. The fraction of sp³-hybridized carbons (Fsp3) is 0.280. The minimum absolute atomic E-state index is 0.00103. The maximum Gasteiger partial charge on any atom is 0.261 e. The molecule has 2 heterocycles. The maximum atomic E-state index is 7.04. The van der Waals surface area contributed by atoms with Gasteiger partial charge >= 0.3 is 0 Å². The van der Waals surface area contributed by atoms with E-state index in [1.54, 1.807) is 6.07 Å². The first-order chi connectivity index (χ1) is 15.2. The smallest absolute Gasteiger partial charge is 0.261 e. The molecule has 0 aliphatic carbocycles. The third-order valence-electron chi connectivity index (χ3n) is 5.85. The topological polar surface area (TPSA) is 39.9 Å². The van der Waals surface area contributed by atoms with Crippen molar-refractivity contribution in [3.8, 4) is 0 Å². The molecule has 1 atom stereocenters. The quantitative estimate of drug-likeness (QED) is 0.254. The number of aromatic nitrogens is 3. The number of benzene rings is 2. The maximum absolute atomic E-state index is 7.04. The van der Waals surface area contributed by atoms with Crippen LogP contribution in [0, 0.1) is 0 Å². The zero-order valence-electron chi connectivity index (χ0n) is 18.7. The fourth-order valence-electron chi connectivity index (χ4n) is 4.28. The molecule has 0 aliphatic heterocycles. The number of fused-ring (bicyclic) bond motifs is 1. The average Bonchev–Trinajstić information content (AvgIpc) is 3.19. The van der Waals surface area contributed by atoms with Gasteiger partial charge in [-0.25, -0.2) is 4.98 Å². The molecule has 0 radical (unpaired) electrons. The zero-order chi connectivity index (χ0) is 22.9. The lowest BCUT2D eigenvalue weighted by Gasteiger charge is -2.43. The first kappa shape index (κ1) is 23.0. The lowest BCUT2D eigenvalue weighted by Crippen LogP contribution is -2.66. The first-order valence-corrected chi connectivity index (χ1v) is 13.3. The van der Waals surface area contributed by atoms with E-state index in [1.165, 1.54) is 10.4 Å². The summed E-state index contributed by atoms with van der Waals surface area (Å²) >= 11 is 12.3. The van der Waals surface area contributed by atoms with Crippen molar-refractivity contribution >= 4 is 52.8 Å². The molecule has 32 heavy (non-hydrogen) atoms. The van der Waals surface area contributed by atoms with Crippen LogP contribution in [-0.4, -0.2) is 29.7 Å². The van der Waals surface area contributed by atoms with Gasteiger partial charge in [0.05, 0.1) is 23.6 Å². The average molecular weight is 485 g/mol. The van der Waals surface area contributed by atoms with Crippen molar-refractivity contribution in [2.24, 2.45) is 0 Å². The van der Waals surface area contributed by atoms with Crippen molar-refractivity contribution in [2.75, 3.05) is 6.61 Å². The highest BCUT2D eigenvalue weighted by Gasteiger charge is 2.50. The molecule has 2 aromatic carbocycles. The summed E-state index contributed by atoms with van der Waals surface area (Å²) in [6.07, 6.45) is 1.92. The van der Waals surface area contributed by atoms with E-state index in [2.05, 4.69) is 98.4 Å². The Bertz CT molecular complexity index is 1170. The van der Waals surface area contributed by atoms with E-state index in [9.17, 15) is 0 Å². The molecule has 4 rings (SSSR count). The molecule has 4 aromatic rings. The van der Waals surface area contributed by atoms with Gasteiger partial charge in [0.2, 0.25) is 0 Å². The van der Waals surface area contributed by atoms with Crippen molar-refractivity contribution in [3.05, 3.63) is 83.2 Å². The van der Waals surface area contributed by atoms with Gasteiger partial charge in [0.1, 0.15) is 10.3 Å². The highest BCUT2D eigenvalue weighted by Crippen LogP contribution is 2.37. The molecule has 0 saturated carbocycles. The molecular weight excluding hydrogens is 457 g/mol. The second-order valence-electron chi connectivity index (χ2n) is 9.10. The molecular formula is C25H27Cl2N3OSi. The molecule has 166 valence electrons. The molecule has 0 amide bonds. The van der Waals surface area contributed by atoms with Crippen LogP contribution in [0.25, 0.3) is 10.9 Å². The fourth-order valence-corrected chi connectivity index (χ4v) is 9.39. The monoisotopic (exact) mass is 483 g/mol. The Morgan fingerprint density at radius 1 is 0.969 bits per heavy atom. The summed E-state index contributed by atoms with van der Waals surface area (Å²) in [6.45, 7) is 9.45. The summed E-state index contributed by atoms with van der Waals surface area (Å²) in [5.41, 5.74) is 0.729. The summed E-state index contributed by atoms with van der Waals surface area (Å²) < 4.78 is 8.93. The van der Waals surface area contributed by atoms with Gasteiger partial charge in [-0.15, -0.1) is 0 Å². The van der Waals surface area contributed by atoms with Crippen molar-refractivity contribution in [1.29, 1.82) is 0 Å². The van der Waals surface area contributed by atoms with E-state index in [-0.39, 0.29) is 11.1 Å². The van der Waals surface area contributed by atoms with Crippen LogP contribution in [0.4, 0.5) is 0 Å². The van der Waals surface area contributed by atoms with Crippen LogP contribution in [0.3, 0.4) is 0 Å². The first-order valence-electron chi connectivity index (χ1n) is 10.7.